The van der Waals surface area contributed by atoms with Gasteiger partial charge in [0, 0.05) is 18.8 Å². The van der Waals surface area contributed by atoms with Crippen LogP contribution in [0.2, 0.25) is 0 Å². The molecule has 1 saturated heterocycles. The Morgan fingerprint density at radius 3 is 3.05 bits per heavy atom. The summed E-state index contributed by atoms with van der Waals surface area (Å²) in [5, 5.41) is 2.85. The van der Waals surface area contributed by atoms with Crippen molar-refractivity contribution in [3.8, 4) is 5.75 Å². The second-order valence-corrected chi connectivity index (χ2v) is 5.51. The van der Waals surface area contributed by atoms with Crippen LogP contribution in [0.25, 0.3) is 0 Å². The maximum absolute atomic E-state index is 12.1. The number of ether oxygens (including phenoxy) is 2. The Morgan fingerprint density at radius 2 is 2.32 bits per heavy atom. The van der Waals surface area contributed by atoms with Gasteiger partial charge in [0.1, 0.15) is 11.9 Å². The number of nitrogens with one attached hydrogen (secondary N) is 1. The molecule has 0 saturated carbocycles. The maximum Gasteiger partial charge on any atom is 0.265 e. The summed E-state index contributed by atoms with van der Waals surface area (Å²) in [4.78, 5) is 25.8. The van der Waals surface area contributed by atoms with Crippen molar-refractivity contribution in [3.63, 3.8) is 0 Å². The smallest absolute Gasteiger partial charge is 0.265 e. The molecule has 0 spiro atoms. The van der Waals surface area contributed by atoms with E-state index in [0.717, 1.165) is 19.3 Å². The average Bonchev–Trinajstić information content (AvgIpc) is 3.05. The molecule has 118 valence electrons. The monoisotopic (exact) mass is 304 g/mol. The van der Waals surface area contributed by atoms with Crippen LogP contribution in [0.15, 0.2) is 18.2 Å². The molecule has 6 nitrogen and oxygen atoms in total. The molecule has 0 aliphatic carbocycles. The number of benzene rings is 1. The molecule has 0 radical (unpaired) electrons. The van der Waals surface area contributed by atoms with Gasteiger partial charge in [0.05, 0.1) is 5.69 Å². The van der Waals surface area contributed by atoms with Crippen LogP contribution in [0.5, 0.6) is 5.75 Å². The molecule has 2 heterocycles. The van der Waals surface area contributed by atoms with Gasteiger partial charge in [-0.3, -0.25) is 9.59 Å². The highest BCUT2D eigenvalue weighted by Crippen LogP contribution is 2.34. The zero-order chi connectivity index (χ0) is 15.5. The third kappa shape index (κ3) is 2.92. The van der Waals surface area contributed by atoms with E-state index in [1.807, 2.05) is 6.92 Å². The standard InChI is InChI=1S/C16H20N2O4/c1-2-7-18-12-9-11(5-6-13(12)22-10-15(18)19)17-16(20)14-4-3-8-21-14/h5-6,9,14H,2-4,7-8,10H2,1H3,(H,17,20). The molecule has 22 heavy (non-hydrogen) atoms. The van der Waals surface area contributed by atoms with Gasteiger partial charge in [-0.1, -0.05) is 6.92 Å². The van der Waals surface area contributed by atoms with Crippen LogP contribution < -0.4 is 15.0 Å². The first-order valence-electron chi connectivity index (χ1n) is 7.68. The fourth-order valence-corrected chi connectivity index (χ4v) is 2.76. The van der Waals surface area contributed by atoms with Crippen molar-refractivity contribution in [2.75, 3.05) is 30.0 Å². The van der Waals surface area contributed by atoms with E-state index >= 15 is 0 Å². The fourth-order valence-electron chi connectivity index (χ4n) is 2.76. The summed E-state index contributed by atoms with van der Waals surface area (Å²) >= 11 is 0. The molecule has 2 aliphatic rings. The van der Waals surface area contributed by atoms with E-state index in [2.05, 4.69) is 5.32 Å². The summed E-state index contributed by atoms with van der Waals surface area (Å²) in [7, 11) is 0. The van der Waals surface area contributed by atoms with Crippen molar-refractivity contribution < 1.29 is 19.1 Å². The number of anilines is 2. The zero-order valence-electron chi connectivity index (χ0n) is 12.6. The molecule has 1 fully saturated rings. The minimum Gasteiger partial charge on any atom is -0.482 e. The third-order valence-corrected chi connectivity index (χ3v) is 3.84. The van der Waals surface area contributed by atoms with Crippen LogP contribution in [0.4, 0.5) is 11.4 Å². The van der Waals surface area contributed by atoms with Gasteiger partial charge in [-0.15, -0.1) is 0 Å². The normalized spacial score (nSPS) is 20.5. The van der Waals surface area contributed by atoms with Crippen LogP contribution in [0.3, 0.4) is 0 Å². The van der Waals surface area contributed by atoms with E-state index in [1.165, 1.54) is 0 Å². The Hall–Kier alpha value is -2.08. The van der Waals surface area contributed by atoms with Crippen LogP contribution >= 0.6 is 0 Å². The molecule has 1 aromatic carbocycles. The second kappa shape index (κ2) is 6.36. The van der Waals surface area contributed by atoms with E-state index in [4.69, 9.17) is 9.47 Å². The first-order chi connectivity index (χ1) is 10.7. The quantitative estimate of drug-likeness (QED) is 0.923. The predicted octanol–water partition coefficient (Wildman–Crippen LogP) is 1.94. The second-order valence-electron chi connectivity index (χ2n) is 5.51. The molecule has 1 unspecified atom stereocenters. The molecule has 1 N–H and O–H groups in total. The van der Waals surface area contributed by atoms with Crippen LogP contribution in [-0.2, 0) is 14.3 Å². The third-order valence-electron chi connectivity index (χ3n) is 3.84. The summed E-state index contributed by atoms with van der Waals surface area (Å²) < 4.78 is 10.8. The topological polar surface area (TPSA) is 67.9 Å². The van der Waals surface area contributed by atoms with Crippen LogP contribution in [-0.4, -0.2) is 37.7 Å². The Morgan fingerprint density at radius 1 is 1.45 bits per heavy atom. The fraction of sp³-hybridized carbons (Fsp3) is 0.500. The number of carbonyl (C=O) groups is 2. The van der Waals surface area contributed by atoms with Crippen LogP contribution in [0, 0.1) is 0 Å². The van der Waals surface area contributed by atoms with Crippen LogP contribution in [0.1, 0.15) is 26.2 Å². The summed E-state index contributed by atoms with van der Waals surface area (Å²) in [6.45, 7) is 3.35. The minimum absolute atomic E-state index is 0.0584. The number of fused-ring (bicyclic) bond motifs is 1. The molecular formula is C16H20N2O4. The van der Waals surface area contributed by atoms with Gasteiger partial charge in [0.2, 0.25) is 0 Å². The van der Waals surface area contributed by atoms with E-state index in [-0.39, 0.29) is 24.5 Å². The molecule has 0 aromatic heterocycles. The van der Waals surface area contributed by atoms with Gasteiger partial charge in [0.25, 0.3) is 11.8 Å². The van der Waals surface area contributed by atoms with Gasteiger partial charge in [-0.25, -0.2) is 0 Å². The molecule has 2 aliphatic heterocycles. The number of hydrogen-bond acceptors (Lipinski definition) is 4. The highest BCUT2D eigenvalue weighted by Gasteiger charge is 2.27. The Kier molecular flexibility index (Phi) is 4.29. The SMILES string of the molecule is CCCN1C(=O)COc2ccc(NC(=O)C3CCCO3)cc21. The molecule has 1 atom stereocenters. The summed E-state index contributed by atoms with van der Waals surface area (Å²) in [5.41, 5.74) is 1.36. The van der Waals surface area contributed by atoms with Crippen molar-refractivity contribution in [3.05, 3.63) is 18.2 Å². The van der Waals surface area contributed by atoms with Gasteiger partial charge in [-0.05, 0) is 37.5 Å². The van der Waals surface area contributed by atoms with Gasteiger partial charge >= 0.3 is 0 Å². The van der Waals surface area contributed by atoms with Crippen molar-refractivity contribution in [1.29, 1.82) is 0 Å². The molecular weight excluding hydrogens is 284 g/mol. The van der Waals surface area contributed by atoms with Crippen molar-refractivity contribution in [1.82, 2.24) is 0 Å². The van der Waals surface area contributed by atoms with E-state index in [1.54, 1.807) is 23.1 Å². The minimum atomic E-state index is -0.374. The molecule has 2 amide bonds. The van der Waals surface area contributed by atoms with Crippen molar-refractivity contribution in [2.24, 2.45) is 0 Å². The maximum atomic E-state index is 12.1. The highest BCUT2D eigenvalue weighted by atomic mass is 16.5. The largest absolute Gasteiger partial charge is 0.482 e. The van der Waals surface area contributed by atoms with Gasteiger partial charge in [-0.2, -0.15) is 0 Å². The number of rotatable bonds is 4. The number of hydrogen-bond donors (Lipinski definition) is 1. The lowest BCUT2D eigenvalue weighted by molar-refractivity contribution is -0.124. The van der Waals surface area contributed by atoms with E-state index < -0.39 is 0 Å². The lowest BCUT2D eigenvalue weighted by atomic mass is 10.2. The number of amides is 2. The van der Waals surface area contributed by atoms with Gasteiger partial charge < -0.3 is 19.7 Å². The van der Waals surface area contributed by atoms with E-state index in [9.17, 15) is 9.59 Å². The molecule has 6 heteroatoms. The first kappa shape index (κ1) is 14.8. The van der Waals surface area contributed by atoms with Crippen molar-refractivity contribution in [2.45, 2.75) is 32.3 Å². The highest BCUT2D eigenvalue weighted by molar-refractivity contribution is 6.00. The summed E-state index contributed by atoms with van der Waals surface area (Å²) in [6.07, 6.45) is 2.15. The summed E-state index contributed by atoms with van der Waals surface area (Å²) in [6, 6.07) is 5.36. The van der Waals surface area contributed by atoms with Crippen molar-refractivity contribution >= 4 is 23.2 Å². The lowest BCUT2D eigenvalue weighted by Gasteiger charge is -2.29. The number of carbonyl (C=O) groups excluding carboxylic acids is 2. The molecule has 0 bridgehead atoms. The Labute approximate surface area is 129 Å². The average molecular weight is 304 g/mol. The van der Waals surface area contributed by atoms with Gasteiger partial charge in [0.15, 0.2) is 6.61 Å². The molecule has 3 rings (SSSR count). The zero-order valence-corrected chi connectivity index (χ0v) is 12.6. The lowest BCUT2D eigenvalue weighted by Crippen LogP contribution is -2.39. The number of nitrogens with zero attached hydrogens (tertiary/aromatic N) is 1. The first-order valence-corrected chi connectivity index (χ1v) is 7.68. The summed E-state index contributed by atoms with van der Waals surface area (Å²) in [5.74, 6) is 0.475. The van der Waals surface area contributed by atoms with E-state index in [0.29, 0.717) is 30.3 Å². The molecule has 1 aromatic rings. The Balaban J connectivity index is 1.79. The predicted molar refractivity (Wildman–Crippen MR) is 82.2 cm³/mol. The Bertz CT molecular complexity index is 582.